The van der Waals surface area contributed by atoms with Gasteiger partial charge in [0.05, 0.1) is 16.4 Å². The van der Waals surface area contributed by atoms with Crippen LogP contribution in [0.3, 0.4) is 0 Å². The Hall–Kier alpha value is -1.62. The number of halogens is 1. The van der Waals surface area contributed by atoms with E-state index in [-0.39, 0.29) is 28.2 Å². The Kier molecular flexibility index (Phi) is 4.45. The molecule has 17 heavy (non-hydrogen) atoms. The summed E-state index contributed by atoms with van der Waals surface area (Å²) in [5, 5.41) is 12.5. The molecule has 2 amide bonds. The lowest BCUT2D eigenvalue weighted by atomic mass is 10.2. The summed E-state index contributed by atoms with van der Waals surface area (Å²) >= 11 is 5.82. The molecule has 0 fully saturated rings. The minimum absolute atomic E-state index is 0.104. The fourth-order valence-corrected chi connectivity index (χ4v) is 1.55. The van der Waals surface area contributed by atoms with Crippen molar-refractivity contribution in [2.45, 2.75) is 13.8 Å². The Bertz CT molecular complexity index is 419. The number of nitrogens with zero attached hydrogens (tertiary/aromatic N) is 1. The number of nitrogen functional groups attached to an aromatic ring is 1. The molecule has 0 spiro atoms. The Labute approximate surface area is 105 Å². The Balaban J connectivity index is 2.88. The minimum atomic E-state index is -0.286. The number of nitrogens with two attached hydrogens (primary N) is 1. The molecule has 1 aromatic carbocycles. The monoisotopic (exact) mass is 257 g/mol. The van der Waals surface area contributed by atoms with Crippen molar-refractivity contribution in [1.82, 2.24) is 4.90 Å². The largest absolute Gasteiger partial charge is 0.506 e. The summed E-state index contributed by atoms with van der Waals surface area (Å²) in [7, 11) is 0. The van der Waals surface area contributed by atoms with Gasteiger partial charge in [-0.1, -0.05) is 11.6 Å². The molecule has 0 atom stereocenters. The number of hydrogen-bond donors (Lipinski definition) is 3. The fraction of sp³-hybridized carbons (Fsp3) is 0.364. The van der Waals surface area contributed by atoms with Crippen LogP contribution in [0.2, 0.25) is 5.02 Å². The van der Waals surface area contributed by atoms with Crippen LogP contribution in [-0.2, 0) is 0 Å². The first-order chi connectivity index (χ1) is 7.99. The molecule has 0 aromatic heterocycles. The molecule has 0 aliphatic carbocycles. The van der Waals surface area contributed by atoms with E-state index in [4.69, 9.17) is 17.3 Å². The second-order valence-electron chi connectivity index (χ2n) is 3.49. The molecule has 0 unspecified atom stereocenters. The van der Waals surface area contributed by atoms with Gasteiger partial charge < -0.3 is 21.1 Å². The highest BCUT2D eigenvalue weighted by Crippen LogP contribution is 2.31. The second kappa shape index (κ2) is 5.63. The summed E-state index contributed by atoms with van der Waals surface area (Å²) in [6, 6.07) is 2.44. The van der Waals surface area contributed by atoms with Gasteiger partial charge >= 0.3 is 6.03 Å². The molecule has 0 saturated heterocycles. The van der Waals surface area contributed by atoms with Gasteiger partial charge in [-0.3, -0.25) is 0 Å². The number of phenolic OH excluding ortho intramolecular Hbond substituents is 1. The summed E-state index contributed by atoms with van der Waals surface area (Å²) in [5.74, 6) is -0.104. The number of nitrogens with one attached hydrogen (secondary N) is 1. The molecule has 0 aliphatic heterocycles. The van der Waals surface area contributed by atoms with Crippen LogP contribution in [0.1, 0.15) is 13.8 Å². The molecule has 6 heteroatoms. The molecule has 1 aromatic rings. The highest BCUT2D eigenvalue weighted by Gasteiger charge is 2.13. The predicted octanol–water partition coefficient (Wildman–Crippen LogP) is 2.50. The maximum atomic E-state index is 11.8. The highest BCUT2D eigenvalue weighted by atomic mass is 35.5. The average molecular weight is 258 g/mol. The molecule has 0 heterocycles. The molecule has 1 rings (SSSR count). The lowest BCUT2D eigenvalue weighted by molar-refractivity contribution is 0.217. The summed E-state index contributed by atoms with van der Waals surface area (Å²) in [4.78, 5) is 13.3. The fourth-order valence-electron chi connectivity index (χ4n) is 1.38. The maximum absolute atomic E-state index is 11.8. The van der Waals surface area contributed by atoms with Crippen LogP contribution in [-0.4, -0.2) is 29.1 Å². The normalized spacial score (nSPS) is 10.1. The summed E-state index contributed by atoms with van der Waals surface area (Å²) < 4.78 is 0. The van der Waals surface area contributed by atoms with E-state index in [0.29, 0.717) is 13.1 Å². The third-order valence-electron chi connectivity index (χ3n) is 2.41. The number of carbonyl (C=O) groups is 1. The lowest BCUT2D eigenvalue weighted by Crippen LogP contribution is -2.34. The molecular formula is C11H16ClN3O2. The van der Waals surface area contributed by atoms with Crippen molar-refractivity contribution in [3.05, 3.63) is 17.2 Å². The first kappa shape index (κ1) is 13.4. The van der Waals surface area contributed by atoms with E-state index < -0.39 is 0 Å². The quantitative estimate of drug-likeness (QED) is 0.575. The van der Waals surface area contributed by atoms with E-state index in [9.17, 15) is 9.90 Å². The standard InChI is InChI=1S/C11H16ClN3O2/c1-3-15(4-2)11(17)14-9-5-7(12)8(13)6-10(9)16/h5-6,16H,3-4,13H2,1-2H3,(H,14,17). The molecule has 0 bridgehead atoms. The van der Waals surface area contributed by atoms with Crippen molar-refractivity contribution >= 4 is 29.0 Å². The van der Waals surface area contributed by atoms with Gasteiger partial charge in [0, 0.05) is 19.2 Å². The minimum Gasteiger partial charge on any atom is -0.506 e. The van der Waals surface area contributed by atoms with Crippen LogP contribution >= 0.6 is 11.6 Å². The van der Waals surface area contributed by atoms with Crippen molar-refractivity contribution in [2.24, 2.45) is 0 Å². The van der Waals surface area contributed by atoms with Crippen molar-refractivity contribution in [3.63, 3.8) is 0 Å². The van der Waals surface area contributed by atoms with E-state index in [1.54, 1.807) is 4.90 Å². The molecule has 0 aliphatic rings. The Morgan fingerprint density at radius 1 is 1.47 bits per heavy atom. The summed E-state index contributed by atoms with van der Waals surface area (Å²) in [6.07, 6.45) is 0. The van der Waals surface area contributed by atoms with Gasteiger partial charge in [0.15, 0.2) is 0 Å². The molecule has 0 radical (unpaired) electrons. The van der Waals surface area contributed by atoms with Crippen molar-refractivity contribution < 1.29 is 9.90 Å². The zero-order valence-electron chi connectivity index (χ0n) is 9.83. The first-order valence-corrected chi connectivity index (χ1v) is 5.71. The van der Waals surface area contributed by atoms with Gasteiger partial charge in [-0.05, 0) is 19.9 Å². The van der Waals surface area contributed by atoms with Crippen molar-refractivity contribution in [2.75, 3.05) is 24.1 Å². The number of phenols is 1. The number of aromatic hydroxyl groups is 1. The average Bonchev–Trinajstić information content (AvgIpc) is 2.27. The molecule has 4 N–H and O–H groups in total. The van der Waals surface area contributed by atoms with Gasteiger partial charge in [0.25, 0.3) is 0 Å². The Morgan fingerprint density at radius 2 is 2.06 bits per heavy atom. The maximum Gasteiger partial charge on any atom is 0.321 e. The number of carbonyl (C=O) groups excluding carboxylic acids is 1. The van der Waals surface area contributed by atoms with Crippen LogP contribution < -0.4 is 11.1 Å². The number of amides is 2. The van der Waals surface area contributed by atoms with Crippen LogP contribution in [0.5, 0.6) is 5.75 Å². The third-order valence-corrected chi connectivity index (χ3v) is 2.73. The van der Waals surface area contributed by atoms with Crippen LogP contribution in [0, 0.1) is 0 Å². The highest BCUT2D eigenvalue weighted by molar-refractivity contribution is 6.33. The summed E-state index contributed by atoms with van der Waals surface area (Å²) in [6.45, 7) is 4.93. The SMILES string of the molecule is CCN(CC)C(=O)Nc1cc(Cl)c(N)cc1O. The zero-order valence-corrected chi connectivity index (χ0v) is 10.6. The first-order valence-electron chi connectivity index (χ1n) is 5.33. The van der Waals surface area contributed by atoms with Gasteiger partial charge in [-0.2, -0.15) is 0 Å². The van der Waals surface area contributed by atoms with Crippen LogP contribution in [0.25, 0.3) is 0 Å². The van der Waals surface area contributed by atoms with Gasteiger partial charge in [0.2, 0.25) is 0 Å². The van der Waals surface area contributed by atoms with Crippen molar-refractivity contribution in [1.29, 1.82) is 0 Å². The summed E-state index contributed by atoms with van der Waals surface area (Å²) in [5.41, 5.74) is 6.04. The van der Waals surface area contributed by atoms with Crippen molar-refractivity contribution in [3.8, 4) is 5.75 Å². The number of benzene rings is 1. The number of hydrogen-bond acceptors (Lipinski definition) is 3. The van der Waals surface area contributed by atoms with Crippen LogP contribution in [0.4, 0.5) is 16.2 Å². The van der Waals surface area contributed by atoms with Gasteiger partial charge in [-0.15, -0.1) is 0 Å². The molecule has 94 valence electrons. The van der Waals surface area contributed by atoms with E-state index in [2.05, 4.69) is 5.32 Å². The number of urea groups is 1. The zero-order chi connectivity index (χ0) is 13.0. The smallest absolute Gasteiger partial charge is 0.321 e. The van der Waals surface area contributed by atoms with Gasteiger partial charge in [0.1, 0.15) is 5.75 Å². The van der Waals surface area contributed by atoms with E-state index >= 15 is 0 Å². The number of anilines is 2. The van der Waals surface area contributed by atoms with E-state index in [0.717, 1.165) is 0 Å². The Morgan fingerprint density at radius 3 is 2.59 bits per heavy atom. The lowest BCUT2D eigenvalue weighted by Gasteiger charge is -2.19. The second-order valence-corrected chi connectivity index (χ2v) is 3.90. The van der Waals surface area contributed by atoms with E-state index in [1.165, 1.54) is 12.1 Å². The molecule has 5 nitrogen and oxygen atoms in total. The number of rotatable bonds is 3. The third kappa shape index (κ3) is 3.17. The predicted molar refractivity (Wildman–Crippen MR) is 69.5 cm³/mol. The van der Waals surface area contributed by atoms with Crippen LogP contribution in [0.15, 0.2) is 12.1 Å². The topological polar surface area (TPSA) is 78.6 Å². The molecule has 0 saturated carbocycles. The molecular weight excluding hydrogens is 242 g/mol. The van der Waals surface area contributed by atoms with Gasteiger partial charge in [-0.25, -0.2) is 4.79 Å². The van der Waals surface area contributed by atoms with E-state index in [1.807, 2.05) is 13.8 Å².